The first-order chi connectivity index (χ1) is 12.8. The number of carboxylic acids is 1. The lowest BCUT2D eigenvalue weighted by Gasteiger charge is -2.16. The number of aliphatic hydroxyl groups is 2. The van der Waals surface area contributed by atoms with Crippen molar-refractivity contribution in [3.8, 4) is 0 Å². The molecule has 0 radical (unpaired) electrons. The number of ether oxygens (including phenoxy) is 1. The van der Waals surface area contributed by atoms with E-state index in [-0.39, 0.29) is 22.2 Å². The Morgan fingerprint density at radius 1 is 1.36 bits per heavy atom. The molecule has 2 unspecified atom stereocenters. The summed E-state index contributed by atoms with van der Waals surface area (Å²) in [4.78, 5) is 23.0. The fourth-order valence-corrected chi connectivity index (χ4v) is 4.63. The number of nitrogens with zero attached hydrogens (tertiary/aromatic N) is 4. The summed E-state index contributed by atoms with van der Waals surface area (Å²) in [5.74, 6) is 0.254. The van der Waals surface area contributed by atoms with Gasteiger partial charge in [-0.1, -0.05) is 0 Å². The molecule has 0 amide bonds. The molecule has 1 fully saturated rings. The number of nitrogens with two attached hydrogens (primary N) is 2. The molecule has 13 heteroatoms. The summed E-state index contributed by atoms with van der Waals surface area (Å²) in [6, 6.07) is -0.907. The summed E-state index contributed by atoms with van der Waals surface area (Å²) in [6.45, 7) is 0. The lowest BCUT2D eigenvalue weighted by Crippen LogP contribution is -2.37. The normalized spacial score (nSPS) is 26.7. The maximum absolute atomic E-state index is 10.8. The van der Waals surface area contributed by atoms with Gasteiger partial charge in [-0.3, -0.25) is 9.36 Å². The highest BCUT2D eigenvalue weighted by molar-refractivity contribution is 7.96. The predicted octanol–water partition coefficient (Wildman–Crippen LogP) is -2.10. The van der Waals surface area contributed by atoms with Crippen LogP contribution in [0.3, 0.4) is 0 Å². The van der Waals surface area contributed by atoms with E-state index in [1.807, 2.05) is 6.26 Å². The quantitative estimate of drug-likeness (QED) is 0.308. The molecule has 0 bridgehead atoms. The predicted molar refractivity (Wildman–Crippen MR) is 101 cm³/mol. The third-order valence-corrected chi connectivity index (χ3v) is 6.37. The van der Waals surface area contributed by atoms with Crippen LogP contribution in [0.5, 0.6) is 0 Å². The maximum atomic E-state index is 10.8. The Kier molecular flexibility index (Phi) is 7.14. The van der Waals surface area contributed by atoms with Crippen molar-refractivity contribution in [1.29, 1.82) is 0 Å². The van der Waals surface area contributed by atoms with E-state index in [2.05, 4.69) is 15.0 Å². The summed E-state index contributed by atoms with van der Waals surface area (Å²) in [5, 5.41) is 29.7. The van der Waals surface area contributed by atoms with Gasteiger partial charge >= 0.3 is 5.97 Å². The highest BCUT2D eigenvalue weighted by atomic mass is 32.2. The minimum absolute atomic E-state index is 0. The number of nitrogen functional groups attached to an aromatic ring is 1. The molecule has 1 aliphatic rings. The Bertz CT molecular complexity index is 821. The van der Waals surface area contributed by atoms with Gasteiger partial charge < -0.3 is 37.0 Å². The number of fused-ring (bicyclic) bond motifs is 1. The SMILES string of the molecule is C[S+](CCC(N)C(=O)O)C[C@H]1O[C@H](n2cnc3c(N)ncnc32)[C@H](O)[C@@H]1O.[OH-]. The molecule has 12 nitrogen and oxygen atoms in total. The van der Waals surface area contributed by atoms with Gasteiger partial charge in [0.05, 0.1) is 12.6 Å². The number of rotatable bonds is 7. The highest BCUT2D eigenvalue weighted by Gasteiger charge is 2.46. The number of imidazole rings is 1. The van der Waals surface area contributed by atoms with Crippen LogP contribution >= 0.6 is 0 Å². The van der Waals surface area contributed by atoms with Gasteiger partial charge in [-0.25, -0.2) is 15.0 Å². The standard InChI is InChI=1S/C15H22N6O5S.H2O/c1-27(3-2-7(16)15(24)25)4-8-10(22)11(23)14(26-8)21-6-20-9-12(17)18-5-19-13(9)21;/h5-8,10-11,14,22-23H,2-4,16H2,1H3,(H2-,17,18,19,24,25);1H2/t7?,8-,10-,11-,14+,27?;/m1./s1. The van der Waals surface area contributed by atoms with Gasteiger partial charge in [-0.15, -0.1) is 0 Å². The Labute approximate surface area is 163 Å². The van der Waals surface area contributed by atoms with Gasteiger partial charge in [0.15, 0.2) is 17.7 Å². The Hall–Kier alpha value is -2.03. The van der Waals surface area contributed by atoms with Crippen molar-refractivity contribution in [2.24, 2.45) is 5.73 Å². The second-order valence-corrected chi connectivity index (χ2v) is 8.82. The molecular formula is C15H24N6O6S. The van der Waals surface area contributed by atoms with Crippen molar-refractivity contribution < 1.29 is 30.3 Å². The van der Waals surface area contributed by atoms with Gasteiger partial charge in [-0.2, -0.15) is 0 Å². The van der Waals surface area contributed by atoms with E-state index in [9.17, 15) is 15.0 Å². The van der Waals surface area contributed by atoms with E-state index in [4.69, 9.17) is 21.3 Å². The Morgan fingerprint density at radius 3 is 2.75 bits per heavy atom. The zero-order valence-corrected chi connectivity index (χ0v) is 15.9. The average Bonchev–Trinajstić information content (AvgIpc) is 3.17. The number of carboxylic acid groups (broad SMARTS) is 1. The first-order valence-corrected chi connectivity index (χ1v) is 10.3. The van der Waals surface area contributed by atoms with Gasteiger partial charge in [0.2, 0.25) is 0 Å². The second-order valence-electron chi connectivity index (χ2n) is 6.51. The fourth-order valence-electron chi connectivity index (χ4n) is 2.97. The largest absolute Gasteiger partial charge is 0.870 e. The van der Waals surface area contributed by atoms with Gasteiger partial charge in [0.1, 0.15) is 47.7 Å². The average molecular weight is 416 g/mol. The van der Waals surface area contributed by atoms with Crippen molar-refractivity contribution in [2.75, 3.05) is 23.5 Å². The number of anilines is 1. The molecule has 8 N–H and O–H groups in total. The van der Waals surface area contributed by atoms with Crippen LogP contribution in [0.15, 0.2) is 12.7 Å². The van der Waals surface area contributed by atoms with Crippen molar-refractivity contribution >= 4 is 33.8 Å². The Morgan fingerprint density at radius 2 is 2.07 bits per heavy atom. The van der Waals surface area contributed by atoms with Crippen molar-refractivity contribution in [3.05, 3.63) is 12.7 Å². The van der Waals surface area contributed by atoms with Crippen molar-refractivity contribution in [3.63, 3.8) is 0 Å². The molecule has 28 heavy (non-hydrogen) atoms. The zero-order chi connectivity index (χ0) is 19.7. The number of carbonyl (C=O) groups is 1. The number of hydrogen-bond donors (Lipinski definition) is 5. The van der Waals surface area contributed by atoms with Crippen LogP contribution in [0, 0.1) is 0 Å². The molecule has 0 spiro atoms. The zero-order valence-electron chi connectivity index (χ0n) is 15.1. The monoisotopic (exact) mass is 416 g/mol. The van der Waals surface area contributed by atoms with E-state index in [0.717, 1.165) is 0 Å². The van der Waals surface area contributed by atoms with Crippen LogP contribution in [-0.2, 0) is 20.4 Å². The van der Waals surface area contributed by atoms with E-state index in [0.29, 0.717) is 29.1 Å². The van der Waals surface area contributed by atoms with E-state index in [1.54, 1.807) is 0 Å². The molecule has 0 saturated carbocycles. The summed E-state index contributed by atoms with van der Waals surface area (Å²) in [6.07, 6.45) is 1.31. The molecule has 1 saturated heterocycles. The topological polar surface area (TPSA) is 213 Å². The maximum Gasteiger partial charge on any atom is 0.320 e. The summed E-state index contributed by atoms with van der Waals surface area (Å²) < 4.78 is 7.41. The van der Waals surface area contributed by atoms with Gasteiger partial charge in [0.25, 0.3) is 0 Å². The van der Waals surface area contributed by atoms with Crippen LogP contribution in [0.4, 0.5) is 5.82 Å². The highest BCUT2D eigenvalue weighted by Crippen LogP contribution is 2.32. The van der Waals surface area contributed by atoms with Crippen molar-refractivity contribution in [2.45, 2.75) is 37.0 Å². The lowest BCUT2D eigenvalue weighted by molar-refractivity contribution is -0.138. The fraction of sp³-hybridized carbons (Fsp3) is 0.600. The third kappa shape index (κ3) is 4.34. The third-order valence-electron chi connectivity index (χ3n) is 4.54. The van der Waals surface area contributed by atoms with E-state index < -0.39 is 36.6 Å². The van der Waals surface area contributed by atoms with Crippen LogP contribution < -0.4 is 11.5 Å². The minimum Gasteiger partial charge on any atom is -0.870 e. The molecule has 2 aromatic rings. The number of aliphatic carboxylic acids is 1. The second kappa shape index (κ2) is 8.98. The van der Waals surface area contributed by atoms with Crippen LogP contribution in [0.25, 0.3) is 11.2 Å². The molecule has 1 aliphatic heterocycles. The van der Waals surface area contributed by atoms with Crippen molar-refractivity contribution in [1.82, 2.24) is 19.5 Å². The number of aromatic nitrogens is 4. The smallest absolute Gasteiger partial charge is 0.320 e. The molecule has 156 valence electrons. The van der Waals surface area contributed by atoms with Crippen LogP contribution in [-0.4, -0.2) is 88.4 Å². The molecule has 3 heterocycles. The molecule has 3 rings (SSSR count). The van der Waals surface area contributed by atoms with Crippen LogP contribution in [0.1, 0.15) is 12.6 Å². The van der Waals surface area contributed by atoms with E-state index >= 15 is 0 Å². The molecule has 0 aromatic carbocycles. The van der Waals surface area contributed by atoms with Crippen LogP contribution in [0.2, 0.25) is 0 Å². The minimum atomic E-state index is -1.16. The summed E-state index contributed by atoms with van der Waals surface area (Å²) >= 11 is 0. The molecular weight excluding hydrogens is 392 g/mol. The van der Waals surface area contributed by atoms with Gasteiger partial charge in [-0.05, 0) is 10.9 Å². The molecule has 6 atom stereocenters. The molecule has 0 aliphatic carbocycles. The summed E-state index contributed by atoms with van der Waals surface area (Å²) in [5.41, 5.74) is 12.1. The first-order valence-electron chi connectivity index (χ1n) is 8.31. The first kappa shape index (κ1) is 22.3. The number of hydrogen-bond acceptors (Lipinski definition) is 10. The Balaban J connectivity index is 0.00000280. The summed E-state index contributed by atoms with van der Waals surface area (Å²) in [7, 11) is -0.235. The number of aliphatic hydroxyl groups excluding tert-OH is 2. The lowest BCUT2D eigenvalue weighted by atomic mass is 10.1. The van der Waals surface area contributed by atoms with Gasteiger partial charge in [0, 0.05) is 6.42 Å². The van der Waals surface area contributed by atoms with E-state index in [1.165, 1.54) is 17.2 Å². The molecule has 2 aromatic heterocycles.